The van der Waals surface area contributed by atoms with Gasteiger partial charge >= 0.3 is 47.6 Å². The number of carbonyl (C=O) groups excluding carboxylic acids is 1. The van der Waals surface area contributed by atoms with Crippen molar-refractivity contribution in [3.05, 3.63) is 33.2 Å². The van der Waals surface area contributed by atoms with Crippen LogP contribution in [0.15, 0.2) is 23.1 Å². The number of nitrogens with one attached hydrogen (secondary N) is 2. The molecule has 1 heterocycles. The molecule has 0 aliphatic rings. The second kappa shape index (κ2) is 9.59. The number of carboxylic acids is 1. The summed E-state index contributed by atoms with van der Waals surface area (Å²) in [5, 5.41) is 11.3. The summed E-state index contributed by atoms with van der Waals surface area (Å²) >= 11 is 1.82. The maximum Gasteiger partial charge on any atom is 1.00 e. The Morgan fingerprint density at radius 3 is 2.52 bits per heavy atom. The Bertz CT molecular complexity index is 993. The molecule has 0 atom stereocenters. The molecule has 0 radical (unpaired) electrons. The fraction of sp³-hybridized carbons (Fsp3) is 0.154. The molecule has 0 spiro atoms. The van der Waals surface area contributed by atoms with Crippen LogP contribution >= 0.6 is 22.6 Å². The molecular formula is C13H13IN5NaO6S. The van der Waals surface area contributed by atoms with Gasteiger partial charge in [0.1, 0.15) is 10.7 Å². The summed E-state index contributed by atoms with van der Waals surface area (Å²) in [5.41, 5.74) is -0.469. The fourth-order valence-corrected chi connectivity index (χ4v) is 3.64. The molecule has 0 saturated carbocycles. The maximum absolute atomic E-state index is 12.4. The van der Waals surface area contributed by atoms with E-state index in [0.29, 0.717) is 3.57 Å². The Morgan fingerprint density at radius 2 is 1.93 bits per heavy atom. The quantitative estimate of drug-likeness (QED) is 0.305. The number of aromatic carboxylic acids is 1. The van der Waals surface area contributed by atoms with Crippen LogP contribution in [0.2, 0.25) is 0 Å². The van der Waals surface area contributed by atoms with Crippen LogP contribution in [0.25, 0.3) is 0 Å². The van der Waals surface area contributed by atoms with Gasteiger partial charge in [0.05, 0.1) is 12.7 Å². The number of urea groups is 1. The summed E-state index contributed by atoms with van der Waals surface area (Å²) in [4.78, 5) is 34.1. The van der Waals surface area contributed by atoms with Crippen LogP contribution in [0.4, 0.5) is 10.7 Å². The molecule has 2 aromatic rings. The molecule has 14 heteroatoms. The van der Waals surface area contributed by atoms with Gasteiger partial charge in [-0.25, -0.2) is 22.7 Å². The number of halogens is 1. The number of hydrogen-bond acceptors (Lipinski definition) is 8. The third kappa shape index (κ3) is 6.24. The second-order valence-corrected chi connectivity index (χ2v) is 7.59. The van der Waals surface area contributed by atoms with Gasteiger partial charge in [-0.15, -0.1) is 0 Å². The largest absolute Gasteiger partial charge is 1.00 e. The summed E-state index contributed by atoms with van der Waals surface area (Å²) in [7, 11) is -3.14. The molecule has 0 saturated heterocycles. The van der Waals surface area contributed by atoms with Crippen molar-refractivity contribution in [2.24, 2.45) is 0 Å². The monoisotopic (exact) mass is 517 g/mol. The number of methoxy groups -OCH3 is 1. The van der Waals surface area contributed by atoms with Crippen LogP contribution < -0.4 is 44.3 Å². The van der Waals surface area contributed by atoms with Crippen molar-refractivity contribution in [2.75, 3.05) is 12.4 Å². The Morgan fingerprint density at radius 1 is 1.26 bits per heavy atom. The third-order valence-corrected chi connectivity index (χ3v) is 4.87. The Balaban J connectivity index is 0.00000364. The van der Waals surface area contributed by atoms with Crippen LogP contribution in [-0.2, 0) is 10.0 Å². The van der Waals surface area contributed by atoms with Crippen molar-refractivity contribution in [3.63, 3.8) is 0 Å². The molecule has 1 aromatic carbocycles. The standard InChI is InChI=1S/C13H12IN5O6S.Na.H/c1-6-15-11(18-13(16-6)25-2)17-12(22)19-26(23,24)9-5-7(14)3-4-8(9)10(20)21;;/h3-5H,1-2H3,(H,20,21)(H2,15,16,17,18,19,22);;/q;+1;-1. The number of sulfonamides is 1. The van der Waals surface area contributed by atoms with Crippen LogP contribution in [0.3, 0.4) is 0 Å². The van der Waals surface area contributed by atoms with E-state index < -0.39 is 32.5 Å². The minimum atomic E-state index is -4.45. The first-order valence-electron chi connectivity index (χ1n) is 6.75. The van der Waals surface area contributed by atoms with Crippen molar-refractivity contribution in [3.8, 4) is 6.01 Å². The first kappa shape index (κ1) is 23.5. The summed E-state index contributed by atoms with van der Waals surface area (Å²) in [6.45, 7) is 1.52. The molecule has 0 bridgehead atoms. The molecule has 3 N–H and O–H groups in total. The van der Waals surface area contributed by atoms with Crippen molar-refractivity contribution in [1.29, 1.82) is 0 Å². The zero-order valence-corrected chi connectivity index (χ0v) is 19.3. The van der Waals surface area contributed by atoms with Crippen molar-refractivity contribution >= 4 is 50.6 Å². The molecule has 1 aromatic heterocycles. The van der Waals surface area contributed by atoms with Crippen LogP contribution in [0.5, 0.6) is 6.01 Å². The topological polar surface area (TPSA) is 160 Å². The summed E-state index contributed by atoms with van der Waals surface area (Å²) in [6, 6.07) is 2.46. The molecule has 2 rings (SSSR count). The first-order valence-corrected chi connectivity index (χ1v) is 9.32. The number of aryl methyl sites for hydroxylation is 1. The van der Waals surface area contributed by atoms with Gasteiger partial charge < -0.3 is 11.3 Å². The van der Waals surface area contributed by atoms with E-state index in [1.54, 1.807) is 4.72 Å². The number of ether oxygens (including phenoxy) is 1. The molecule has 140 valence electrons. The first-order chi connectivity index (χ1) is 12.1. The molecule has 0 fully saturated rings. The van der Waals surface area contributed by atoms with Gasteiger partial charge in [0.15, 0.2) is 0 Å². The van der Waals surface area contributed by atoms with Gasteiger partial charge in [-0.1, -0.05) is 0 Å². The number of anilines is 1. The minimum absolute atomic E-state index is 0. The van der Waals surface area contributed by atoms with Gasteiger partial charge in [-0.2, -0.15) is 15.0 Å². The van der Waals surface area contributed by atoms with E-state index >= 15 is 0 Å². The Hall–Kier alpha value is -1.55. The number of carboxylic acid groups (broad SMARTS) is 1. The normalized spacial score (nSPS) is 10.5. The molecule has 11 nitrogen and oxygen atoms in total. The number of hydrogen-bond donors (Lipinski definition) is 3. The van der Waals surface area contributed by atoms with E-state index in [2.05, 4.69) is 20.3 Å². The number of aromatic nitrogens is 3. The predicted octanol–water partition coefficient (Wildman–Crippen LogP) is -1.88. The zero-order chi connectivity index (χ0) is 19.5. The maximum atomic E-state index is 12.4. The number of amides is 2. The molecule has 0 aliphatic carbocycles. The number of benzene rings is 1. The van der Waals surface area contributed by atoms with Crippen molar-refractivity contribution in [2.45, 2.75) is 11.8 Å². The third-order valence-electron chi connectivity index (χ3n) is 2.83. The van der Waals surface area contributed by atoms with E-state index in [0.717, 1.165) is 12.1 Å². The van der Waals surface area contributed by atoms with Gasteiger partial charge in [-0.3, -0.25) is 5.32 Å². The van der Waals surface area contributed by atoms with E-state index in [1.165, 1.54) is 20.1 Å². The molecular weight excluding hydrogens is 504 g/mol. The number of rotatable bonds is 5. The zero-order valence-electron chi connectivity index (χ0n) is 15.3. The van der Waals surface area contributed by atoms with E-state index in [4.69, 9.17) is 9.84 Å². The van der Waals surface area contributed by atoms with Gasteiger partial charge in [0.2, 0.25) is 5.95 Å². The predicted molar refractivity (Wildman–Crippen MR) is 97.7 cm³/mol. The van der Waals surface area contributed by atoms with E-state index in [9.17, 15) is 18.0 Å². The van der Waals surface area contributed by atoms with E-state index in [-0.39, 0.29) is 48.8 Å². The van der Waals surface area contributed by atoms with Gasteiger partial charge in [0.25, 0.3) is 10.0 Å². The van der Waals surface area contributed by atoms with Crippen LogP contribution in [0, 0.1) is 10.5 Å². The van der Waals surface area contributed by atoms with E-state index in [1.807, 2.05) is 22.6 Å². The minimum Gasteiger partial charge on any atom is -1.00 e. The average molecular weight is 517 g/mol. The summed E-state index contributed by atoms with van der Waals surface area (Å²) in [6.07, 6.45) is 0. The fourth-order valence-electron chi connectivity index (χ4n) is 1.80. The van der Waals surface area contributed by atoms with Gasteiger partial charge in [0, 0.05) is 3.57 Å². The molecule has 27 heavy (non-hydrogen) atoms. The number of carbonyl (C=O) groups is 2. The van der Waals surface area contributed by atoms with Crippen molar-refractivity contribution < 1.29 is 58.8 Å². The molecule has 0 unspecified atom stereocenters. The smallest absolute Gasteiger partial charge is 1.00 e. The summed E-state index contributed by atoms with van der Waals surface area (Å²) in [5.74, 6) is -1.44. The van der Waals surface area contributed by atoms with Gasteiger partial charge in [-0.05, 0) is 47.7 Å². The molecule has 2 amide bonds. The number of nitrogens with zero attached hydrogens (tertiary/aromatic N) is 3. The summed E-state index contributed by atoms with van der Waals surface area (Å²) < 4.78 is 31.8. The van der Waals surface area contributed by atoms with Crippen molar-refractivity contribution in [1.82, 2.24) is 19.7 Å². The second-order valence-electron chi connectivity index (χ2n) is 4.70. The van der Waals surface area contributed by atoms with Crippen LogP contribution in [-0.4, -0.2) is 47.6 Å². The van der Waals surface area contributed by atoms with Crippen LogP contribution in [0.1, 0.15) is 17.6 Å². The Labute approximate surface area is 191 Å². The molecule has 0 aliphatic heterocycles. The average Bonchev–Trinajstić information content (AvgIpc) is 2.53. The Kier molecular flexibility index (Phi) is 8.34. The SMILES string of the molecule is COc1nc(C)nc(NC(=O)NS(=O)(=O)c2cc(I)ccc2C(=O)O)n1.[H-].[Na+].